The van der Waals surface area contributed by atoms with Crippen LogP contribution >= 0.6 is 0 Å². The fourth-order valence-electron chi connectivity index (χ4n) is 3.86. The number of rotatable bonds is 3. The van der Waals surface area contributed by atoms with E-state index in [0.717, 1.165) is 61.4 Å². The lowest BCUT2D eigenvalue weighted by Gasteiger charge is -2.35. The van der Waals surface area contributed by atoms with Crippen molar-refractivity contribution in [1.29, 1.82) is 0 Å². The molecule has 28 heavy (non-hydrogen) atoms. The molecule has 2 aliphatic rings. The summed E-state index contributed by atoms with van der Waals surface area (Å²) in [5, 5.41) is 12.8. The molecule has 0 saturated carbocycles. The lowest BCUT2D eigenvalue weighted by Crippen LogP contribution is -2.45. The van der Waals surface area contributed by atoms with Gasteiger partial charge in [0.2, 0.25) is 0 Å². The van der Waals surface area contributed by atoms with Gasteiger partial charge in [0.05, 0.1) is 17.1 Å². The van der Waals surface area contributed by atoms with E-state index in [-0.39, 0.29) is 0 Å². The van der Waals surface area contributed by atoms with Gasteiger partial charge >= 0.3 is 0 Å². The molecule has 1 aromatic heterocycles. The van der Waals surface area contributed by atoms with Crippen LogP contribution in [0.5, 0.6) is 0 Å². The topological polar surface area (TPSA) is 47.5 Å². The van der Waals surface area contributed by atoms with E-state index in [9.17, 15) is 0 Å². The van der Waals surface area contributed by atoms with Crippen molar-refractivity contribution >= 4 is 28.7 Å². The number of hydrogen-bond donors (Lipinski definition) is 1. The smallest absolute Gasteiger partial charge is 0.180 e. The summed E-state index contributed by atoms with van der Waals surface area (Å²) in [7, 11) is 2.16. The Kier molecular flexibility index (Phi) is 4.33. The van der Waals surface area contributed by atoms with Gasteiger partial charge in [0, 0.05) is 38.8 Å². The number of piperazine rings is 1. The maximum absolute atomic E-state index is 4.65. The predicted octanol–water partition coefficient (Wildman–Crippen LogP) is 3.62. The van der Waals surface area contributed by atoms with Crippen LogP contribution in [0.2, 0.25) is 0 Å². The molecule has 5 rings (SSSR count). The number of benzene rings is 2. The molecule has 3 heterocycles. The normalized spacial score (nSPS) is 16.3. The van der Waals surface area contributed by atoms with Crippen LogP contribution in [-0.2, 0) is 6.54 Å². The number of fused-ring (bicyclic) bond motifs is 2. The van der Waals surface area contributed by atoms with Crippen LogP contribution < -0.4 is 15.1 Å². The third-order valence-electron chi connectivity index (χ3n) is 5.49. The first-order chi connectivity index (χ1) is 13.8. The minimum atomic E-state index is 0.759. The Morgan fingerprint density at radius 2 is 1.61 bits per heavy atom. The van der Waals surface area contributed by atoms with Gasteiger partial charge in [0.25, 0.3) is 0 Å². The summed E-state index contributed by atoms with van der Waals surface area (Å²) in [4.78, 5) is 6.91. The van der Waals surface area contributed by atoms with Gasteiger partial charge in [-0.3, -0.25) is 0 Å². The van der Waals surface area contributed by atoms with E-state index in [1.807, 2.05) is 6.07 Å². The molecule has 3 aromatic rings. The van der Waals surface area contributed by atoms with Crippen LogP contribution in [-0.4, -0.2) is 48.3 Å². The first-order valence-corrected chi connectivity index (χ1v) is 9.77. The Hall–Kier alpha value is -3.12. The monoisotopic (exact) mass is 372 g/mol. The molecule has 6 nitrogen and oxygen atoms in total. The average Bonchev–Trinajstić information content (AvgIpc) is 2.74. The van der Waals surface area contributed by atoms with E-state index in [2.05, 4.69) is 91.9 Å². The van der Waals surface area contributed by atoms with Crippen molar-refractivity contribution in [3.63, 3.8) is 0 Å². The van der Waals surface area contributed by atoms with Crippen molar-refractivity contribution in [1.82, 2.24) is 15.1 Å². The molecule has 2 aliphatic heterocycles. The maximum atomic E-state index is 4.65. The number of nitrogens with one attached hydrogen (secondary N) is 1. The van der Waals surface area contributed by atoms with Gasteiger partial charge < -0.3 is 20.0 Å². The quantitative estimate of drug-likeness (QED) is 0.758. The highest BCUT2D eigenvalue weighted by atomic mass is 15.4. The summed E-state index contributed by atoms with van der Waals surface area (Å²) >= 11 is 0. The molecule has 2 aromatic carbocycles. The molecule has 0 amide bonds. The van der Waals surface area contributed by atoms with Crippen LogP contribution in [0.4, 0.5) is 28.7 Å². The predicted molar refractivity (Wildman–Crippen MR) is 114 cm³/mol. The van der Waals surface area contributed by atoms with Crippen LogP contribution in [0.15, 0.2) is 60.7 Å². The molecule has 0 unspecified atom stereocenters. The summed E-state index contributed by atoms with van der Waals surface area (Å²) in [5.74, 6) is 1.82. The largest absolute Gasteiger partial charge is 0.352 e. The second-order valence-corrected chi connectivity index (χ2v) is 7.44. The fraction of sp³-hybridized carbons (Fsp3) is 0.273. The van der Waals surface area contributed by atoms with Crippen LogP contribution in [0.3, 0.4) is 0 Å². The summed E-state index contributed by atoms with van der Waals surface area (Å²) < 4.78 is 0. The van der Waals surface area contributed by atoms with Crippen LogP contribution in [0.25, 0.3) is 0 Å². The lowest BCUT2D eigenvalue weighted by atomic mass is 10.1. The van der Waals surface area contributed by atoms with E-state index < -0.39 is 0 Å². The average molecular weight is 372 g/mol. The Balaban J connectivity index is 1.51. The molecule has 0 aliphatic carbocycles. The van der Waals surface area contributed by atoms with Crippen LogP contribution in [0, 0.1) is 0 Å². The minimum absolute atomic E-state index is 0.759. The molecule has 142 valence electrons. The summed E-state index contributed by atoms with van der Waals surface area (Å²) in [6.45, 7) is 4.82. The fourth-order valence-corrected chi connectivity index (χ4v) is 3.86. The summed E-state index contributed by atoms with van der Waals surface area (Å²) in [6, 6.07) is 21.0. The van der Waals surface area contributed by atoms with Crippen molar-refractivity contribution in [2.45, 2.75) is 6.54 Å². The number of anilines is 5. The zero-order chi connectivity index (χ0) is 18.9. The van der Waals surface area contributed by atoms with Crippen LogP contribution in [0.1, 0.15) is 5.56 Å². The number of hydrogen-bond acceptors (Lipinski definition) is 6. The SMILES string of the molecule is CN1CCN(c2cc3c(nn2)N(Cc2ccccc2)c2ccccc2N3)CC1. The van der Waals surface area contributed by atoms with Gasteiger partial charge in [-0.2, -0.15) is 0 Å². The van der Waals surface area contributed by atoms with Gasteiger partial charge in [-0.1, -0.05) is 42.5 Å². The van der Waals surface area contributed by atoms with E-state index in [1.54, 1.807) is 0 Å². The Morgan fingerprint density at radius 1 is 0.857 bits per heavy atom. The lowest BCUT2D eigenvalue weighted by molar-refractivity contribution is 0.312. The molecule has 0 atom stereocenters. The van der Waals surface area contributed by atoms with Crippen molar-refractivity contribution in [3.05, 3.63) is 66.2 Å². The molecular formula is C22H24N6. The van der Waals surface area contributed by atoms with E-state index >= 15 is 0 Å². The molecule has 0 radical (unpaired) electrons. The standard InChI is InChI=1S/C22H24N6/c1-26-11-13-27(14-12-26)21-15-19-22(25-24-21)28(16-17-7-3-2-4-8-17)20-10-6-5-9-18(20)23-19/h2-10,15,23H,11-14,16H2,1H3. The van der Waals surface area contributed by atoms with E-state index in [1.165, 1.54) is 5.56 Å². The number of aromatic nitrogens is 2. The third kappa shape index (κ3) is 3.16. The molecule has 1 saturated heterocycles. The van der Waals surface area contributed by atoms with Crippen molar-refractivity contribution in [2.75, 3.05) is 48.3 Å². The molecular weight excluding hydrogens is 348 g/mol. The second kappa shape index (κ2) is 7.13. The van der Waals surface area contributed by atoms with Crippen molar-refractivity contribution in [3.8, 4) is 0 Å². The van der Waals surface area contributed by atoms with Gasteiger partial charge in [0.15, 0.2) is 11.6 Å². The first kappa shape index (κ1) is 17.0. The highest BCUT2D eigenvalue weighted by Crippen LogP contribution is 2.43. The van der Waals surface area contributed by atoms with Gasteiger partial charge in [-0.15, -0.1) is 10.2 Å². The number of nitrogens with zero attached hydrogens (tertiary/aromatic N) is 5. The Labute approximate surface area is 165 Å². The number of para-hydroxylation sites is 2. The van der Waals surface area contributed by atoms with Crippen molar-refractivity contribution < 1.29 is 0 Å². The highest BCUT2D eigenvalue weighted by Gasteiger charge is 2.26. The molecule has 6 heteroatoms. The zero-order valence-corrected chi connectivity index (χ0v) is 16.0. The minimum Gasteiger partial charge on any atom is -0.352 e. The van der Waals surface area contributed by atoms with E-state index in [4.69, 9.17) is 0 Å². The third-order valence-corrected chi connectivity index (χ3v) is 5.49. The first-order valence-electron chi connectivity index (χ1n) is 9.77. The van der Waals surface area contributed by atoms with Gasteiger partial charge in [-0.25, -0.2) is 0 Å². The summed E-state index contributed by atoms with van der Waals surface area (Å²) in [6.07, 6.45) is 0. The molecule has 1 fully saturated rings. The molecule has 0 spiro atoms. The van der Waals surface area contributed by atoms with Gasteiger partial charge in [-0.05, 0) is 24.7 Å². The molecule has 1 N–H and O–H groups in total. The maximum Gasteiger partial charge on any atom is 0.180 e. The number of likely N-dealkylation sites (N-methyl/N-ethyl adjacent to an activating group) is 1. The zero-order valence-electron chi connectivity index (χ0n) is 16.0. The summed E-state index contributed by atoms with van der Waals surface area (Å²) in [5.41, 5.74) is 4.48. The Morgan fingerprint density at radius 3 is 2.43 bits per heavy atom. The van der Waals surface area contributed by atoms with E-state index in [0.29, 0.717) is 0 Å². The van der Waals surface area contributed by atoms with Crippen molar-refractivity contribution in [2.24, 2.45) is 0 Å². The molecule has 0 bridgehead atoms. The second-order valence-electron chi connectivity index (χ2n) is 7.44. The highest BCUT2D eigenvalue weighted by molar-refractivity contribution is 5.90. The van der Waals surface area contributed by atoms with Gasteiger partial charge in [0.1, 0.15) is 0 Å². The Bertz CT molecular complexity index is 966.